The molecule has 0 unspecified atom stereocenters. The molecule has 4 aromatic rings. The Morgan fingerprint density at radius 1 is 1.19 bits per heavy atom. The van der Waals surface area contributed by atoms with Crippen LogP contribution in [0, 0.1) is 6.92 Å². The van der Waals surface area contributed by atoms with E-state index in [1.165, 1.54) is 12.7 Å². The van der Waals surface area contributed by atoms with Crippen molar-refractivity contribution in [2.75, 3.05) is 22.4 Å². The van der Waals surface area contributed by atoms with E-state index in [1.807, 2.05) is 32.3 Å². The highest BCUT2D eigenvalue weighted by Crippen LogP contribution is 2.37. The molecule has 1 aliphatic rings. The van der Waals surface area contributed by atoms with Crippen LogP contribution in [0.1, 0.15) is 35.4 Å². The van der Waals surface area contributed by atoms with E-state index < -0.39 is 5.91 Å². The predicted molar refractivity (Wildman–Crippen MR) is 124 cm³/mol. The average Bonchev–Trinajstić information content (AvgIpc) is 3.43. The largest absolute Gasteiger partial charge is 0.444 e. The number of anilines is 2. The van der Waals surface area contributed by atoms with Gasteiger partial charge < -0.3 is 9.32 Å². The summed E-state index contributed by atoms with van der Waals surface area (Å²) in [6.45, 7) is 3.73. The topological polar surface area (TPSA) is 80.3 Å². The zero-order chi connectivity index (χ0) is 22.2. The second kappa shape index (κ2) is 8.27. The van der Waals surface area contributed by atoms with Gasteiger partial charge in [-0.3, -0.25) is 14.5 Å². The normalized spacial score (nSPS) is 14.2. The van der Waals surface area contributed by atoms with Gasteiger partial charge in [0, 0.05) is 61.0 Å². The van der Waals surface area contributed by atoms with Crippen molar-refractivity contribution in [1.82, 2.24) is 19.7 Å². The summed E-state index contributed by atoms with van der Waals surface area (Å²) in [6.07, 6.45) is 8.41. The van der Waals surface area contributed by atoms with Gasteiger partial charge in [0.1, 0.15) is 6.26 Å². The zero-order valence-electron chi connectivity index (χ0n) is 18.0. The number of aryl methyl sites for hydroxylation is 2. The van der Waals surface area contributed by atoms with Crippen LogP contribution in [0.15, 0.2) is 47.3 Å². The van der Waals surface area contributed by atoms with Crippen molar-refractivity contribution >= 4 is 40.0 Å². The van der Waals surface area contributed by atoms with Gasteiger partial charge in [-0.1, -0.05) is 0 Å². The number of benzene rings is 1. The maximum absolute atomic E-state index is 13.2. The molecule has 8 nitrogen and oxygen atoms in total. The second-order valence-corrected chi connectivity index (χ2v) is 8.40. The summed E-state index contributed by atoms with van der Waals surface area (Å²) >= 11 is 6.63. The maximum Gasteiger partial charge on any atom is 0.294 e. The molecule has 1 aliphatic heterocycles. The molecule has 0 atom stereocenters. The van der Waals surface area contributed by atoms with Crippen LogP contribution in [0.4, 0.5) is 11.4 Å². The van der Waals surface area contributed by atoms with Crippen molar-refractivity contribution < 1.29 is 9.21 Å². The first kappa shape index (κ1) is 20.5. The van der Waals surface area contributed by atoms with Gasteiger partial charge in [0.05, 0.1) is 16.9 Å². The van der Waals surface area contributed by atoms with Crippen molar-refractivity contribution in [3.8, 4) is 11.5 Å². The van der Waals surface area contributed by atoms with Crippen molar-refractivity contribution in [2.24, 2.45) is 7.05 Å². The molecule has 0 spiro atoms. The summed E-state index contributed by atoms with van der Waals surface area (Å²) in [7, 11) is 1.88. The fourth-order valence-corrected chi connectivity index (χ4v) is 4.33. The van der Waals surface area contributed by atoms with Crippen LogP contribution in [-0.2, 0) is 7.05 Å². The van der Waals surface area contributed by atoms with E-state index in [2.05, 4.69) is 26.0 Å². The standard InChI is InChI=1S/C23H23ClN6O2/c1-15-10-16(6-7-25-15)22-26-19(14-32-22)23(31)30(24)21-12-18-17(13-28(2)27-18)11-20(21)29-8-4-3-5-9-29/h6-7,10-14H,3-5,8-9H2,1-2H3. The number of carbonyl (C=O) groups excluding carboxylic acids is 1. The average molecular weight is 451 g/mol. The molecule has 0 aliphatic carbocycles. The molecule has 4 heterocycles. The number of oxazole rings is 1. The van der Waals surface area contributed by atoms with Gasteiger partial charge in [0.15, 0.2) is 5.69 Å². The Labute approximate surface area is 190 Å². The molecule has 5 rings (SSSR count). The fraction of sp³-hybridized carbons (Fsp3) is 0.304. The molecule has 0 radical (unpaired) electrons. The highest BCUT2D eigenvalue weighted by atomic mass is 35.5. The van der Waals surface area contributed by atoms with E-state index in [4.69, 9.17) is 16.2 Å². The molecule has 0 saturated carbocycles. The third-order valence-electron chi connectivity index (χ3n) is 5.67. The van der Waals surface area contributed by atoms with Gasteiger partial charge in [0.25, 0.3) is 5.91 Å². The number of hydrogen-bond donors (Lipinski definition) is 0. The Bertz CT molecular complexity index is 1290. The Kier molecular flexibility index (Phi) is 5.30. The monoisotopic (exact) mass is 450 g/mol. The summed E-state index contributed by atoms with van der Waals surface area (Å²) in [5, 5.41) is 5.49. The van der Waals surface area contributed by atoms with Crippen molar-refractivity contribution in [2.45, 2.75) is 26.2 Å². The number of amides is 1. The lowest BCUT2D eigenvalue weighted by atomic mass is 10.1. The second-order valence-electron chi connectivity index (χ2n) is 8.06. The maximum atomic E-state index is 13.2. The van der Waals surface area contributed by atoms with Crippen molar-refractivity contribution in [3.63, 3.8) is 0 Å². The molecule has 1 saturated heterocycles. The molecule has 1 fully saturated rings. The lowest BCUT2D eigenvalue weighted by Crippen LogP contribution is -2.31. The van der Waals surface area contributed by atoms with Gasteiger partial charge in [-0.25, -0.2) is 9.40 Å². The Hall–Kier alpha value is -3.39. The van der Waals surface area contributed by atoms with Crippen LogP contribution in [0.3, 0.4) is 0 Å². The number of fused-ring (bicyclic) bond motifs is 1. The van der Waals surface area contributed by atoms with E-state index in [0.29, 0.717) is 11.6 Å². The van der Waals surface area contributed by atoms with Crippen LogP contribution < -0.4 is 9.32 Å². The molecule has 1 aromatic carbocycles. The van der Waals surface area contributed by atoms with Crippen LogP contribution in [0.2, 0.25) is 0 Å². The van der Waals surface area contributed by atoms with Gasteiger partial charge in [-0.05, 0) is 50.5 Å². The van der Waals surface area contributed by atoms with E-state index in [-0.39, 0.29) is 5.69 Å². The van der Waals surface area contributed by atoms with Crippen molar-refractivity contribution in [1.29, 1.82) is 0 Å². The van der Waals surface area contributed by atoms with Crippen LogP contribution >= 0.6 is 11.8 Å². The summed E-state index contributed by atoms with van der Waals surface area (Å²) in [5.74, 6) is -0.110. The highest BCUT2D eigenvalue weighted by Gasteiger charge is 2.26. The van der Waals surface area contributed by atoms with Gasteiger partial charge >= 0.3 is 0 Å². The third-order valence-corrected chi connectivity index (χ3v) is 6.00. The van der Waals surface area contributed by atoms with Crippen LogP contribution in [-0.4, -0.2) is 38.7 Å². The predicted octanol–water partition coefficient (Wildman–Crippen LogP) is 4.72. The molecule has 0 bridgehead atoms. The number of nitrogens with zero attached hydrogens (tertiary/aromatic N) is 6. The molecule has 3 aromatic heterocycles. The van der Waals surface area contributed by atoms with Gasteiger partial charge in [-0.15, -0.1) is 0 Å². The van der Waals surface area contributed by atoms with Gasteiger partial charge in [-0.2, -0.15) is 5.10 Å². The minimum absolute atomic E-state index is 0.134. The SMILES string of the molecule is Cc1cc(-c2nc(C(=O)N(Cl)c3cc4nn(C)cc4cc3N3CCCCC3)co2)ccn1. The molecular formula is C23H23ClN6O2. The number of aromatic nitrogens is 4. The van der Waals surface area contributed by atoms with E-state index in [1.54, 1.807) is 16.9 Å². The van der Waals surface area contributed by atoms with E-state index in [9.17, 15) is 4.79 Å². The Morgan fingerprint density at radius 2 is 2.00 bits per heavy atom. The number of pyridine rings is 1. The number of hydrogen-bond acceptors (Lipinski definition) is 6. The quantitative estimate of drug-likeness (QED) is 0.418. The first-order valence-electron chi connectivity index (χ1n) is 10.6. The number of halogens is 1. The molecule has 1 amide bonds. The molecule has 0 N–H and O–H groups in total. The molecule has 32 heavy (non-hydrogen) atoms. The van der Waals surface area contributed by atoms with E-state index in [0.717, 1.165) is 58.2 Å². The molecule has 9 heteroatoms. The summed E-state index contributed by atoms with van der Waals surface area (Å²) < 4.78 is 8.44. The lowest BCUT2D eigenvalue weighted by Gasteiger charge is -2.31. The summed E-state index contributed by atoms with van der Waals surface area (Å²) in [4.78, 5) is 24.1. The summed E-state index contributed by atoms with van der Waals surface area (Å²) in [6, 6.07) is 7.55. The zero-order valence-corrected chi connectivity index (χ0v) is 18.7. The van der Waals surface area contributed by atoms with Gasteiger partial charge in [0.2, 0.25) is 5.89 Å². The Morgan fingerprint density at radius 3 is 2.78 bits per heavy atom. The lowest BCUT2D eigenvalue weighted by molar-refractivity contribution is 0.100. The third kappa shape index (κ3) is 3.82. The van der Waals surface area contributed by atoms with Crippen molar-refractivity contribution in [3.05, 3.63) is 54.3 Å². The Balaban J connectivity index is 1.51. The number of piperidine rings is 1. The first-order valence-corrected chi connectivity index (χ1v) is 10.9. The molecule has 164 valence electrons. The van der Waals surface area contributed by atoms with Crippen LogP contribution in [0.25, 0.3) is 22.4 Å². The highest BCUT2D eigenvalue weighted by molar-refractivity contribution is 6.40. The summed E-state index contributed by atoms with van der Waals surface area (Å²) in [5.41, 5.74) is 4.00. The van der Waals surface area contributed by atoms with Crippen LogP contribution in [0.5, 0.6) is 0 Å². The fourth-order valence-electron chi connectivity index (χ4n) is 4.11. The number of rotatable bonds is 4. The minimum atomic E-state index is -0.457. The molecular weight excluding hydrogens is 428 g/mol. The minimum Gasteiger partial charge on any atom is -0.444 e. The van der Waals surface area contributed by atoms with E-state index >= 15 is 0 Å². The first-order chi connectivity index (χ1) is 15.5. The number of carbonyl (C=O) groups is 1. The smallest absolute Gasteiger partial charge is 0.294 e.